The molecule has 1 aromatic heterocycles. The molecule has 0 aliphatic rings. The lowest BCUT2D eigenvalue weighted by atomic mass is 10.2. The van der Waals surface area contributed by atoms with E-state index in [1.165, 1.54) is 0 Å². The number of rotatable bonds is 4. The molecule has 0 bridgehead atoms. The standard InChI is InChI=1S/C12H12N4O/c1-17-11-3-2-9(7-13)12(6-11)14-8-10-4-5-15-16-10/h2-6,14H,8H2,1H3,(H,15,16). The second-order valence-corrected chi connectivity index (χ2v) is 3.46. The minimum absolute atomic E-state index is 0.585. The molecule has 5 heteroatoms. The Hall–Kier alpha value is -2.48. The Balaban J connectivity index is 2.16. The predicted molar refractivity (Wildman–Crippen MR) is 63.6 cm³/mol. The van der Waals surface area contributed by atoms with Gasteiger partial charge in [0.25, 0.3) is 0 Å². The summed E-state index contributed by atoms with van der Waals surface area (Å²) in [7, 11) is 1.60. The van der Waals surface area contributed by atoms with E-state index in [1.807, 2.05) is 6.07 Å². The zero-order valence-corrected chi connectivity index (χ0v) is 9.40. The van der Waals surface area contributed by atoms with Crippen molar-refractivity contribution in [2.45, 2.75) is 6.54 Å². The van der Waals surface area contributed by atoms with E-state index in [0.29, 0.717) is 12.1 Å². The van der Waals surface area contributed by atoms with Gasteiger partial charge in [-0.25, -0.2) is 0 Å². The average molecular weight is 228 g/mol. The Morgan fingerprint density at radius 1 is 1.47 bits per heavy atom. The summed E-state index contributed by atoms with van der Waals surface area (Å²) < 4.78 is 5.12. The molecule has 1 heterocycles. The highest BCUT2D eigenvalue weighted by Crippen LogP contribution is 2.22. The number of nitrogens with one attached hydrogen (secondary N) is 2. The second-order valence-electron chi connectivity index (χ2n) is 3.46. The number of aromatic nitrogens is 2. The molecule has 5 nitrogen and oxygen atoms in total. The largest absolute Gasteiger partial charge is 0.497 e. The number of H-pyrrole nitrogens is 1. The Kier molecular flexibility index (Phi) is 3.26. The lowest BCUT2D eigenvalue weighted by Gasteiger charge is -2.08. The van der Waals surface area contributed by atoms with Gasteiger partial charge in [0.05, 0.1) is 30.6 Å². The third kappa shape index (κ3) is 2.55. The number of anilines is 1. The number of hydrogen-bond acceptors (Lipinski definition) is 4. The number of hydrogen-bond donors (Lipinski definition) is 2. The second kappa shape index (κ2) is 5.03. The number of nitrogens with zero attached hydrogens (tertiary/aromatic N) is 2. The van der Waals surface area contributed by atoms with Gasteiger partial charge < -0.3 is 10.1 Å². The molecule has 0 aliphatic carbocycles. The van der Waals surface area contributed by atoms with Crippen molar-refractivity contribution in [1.29, 1.82) is 5.26 Å². The van der Waals surface area contributed by atoms with Crippen LogP contribution in [0.4, 0.5) is 5.69 Å². The van der Waals surface area contributed by atoms with Crippen molar-refractivity contribution in [2.24, 2.45) is 0 Å². The normalized spacial score (nSPS) is 9.65. The van der Waals surface area contributed by atoms with E-state index >= 15 is 0 Å². The molecule has 2 N–H and O–H groups in total. The Bertz CT molecular complexity index is 528. The summed E-state index contributed by atoms with van der Waals surface area (Å²) in [6.45, 7) is 0.585. The molecule has 0 saturated heterocycles. The van der Waals surface area contributed by atoms with E-state index < -0.39 is 0 Å². The van der Waals surface area contributed by atoms with Crippen LogP contribution in [0.3, 0.4) is 0 Å². The van der Waals surface area contributed by atoms with Crippen LogP contribution in [0, 0.1) is 11.3 Å². The molecule has 1 aromatic carbocycles. The predicted octanol–water partition coefficient (Wildman–Crippen LogP) is 1.90. The summed E-state index contributed by atoms with van der Waals surface area (Å²) in [5, 5.41) is 18.9. The molecule has 0 unspecified atom stereocenters. The van der Waals surface area contributed by atoms with Crippen LogP contribution in [0.1, 0.15) is 11.3 Å². The Labute approximate surface area is 99.0 Å². The molecule has 0 amide bonds. The summed E-state index contributed by atoms with van der Waals surface area (Å²) >= 11 is 0. The van der Waals surface area contributed by atoms with Crippen LogP contribution in [-0.2, 0) is 6.54 Å². The molecule has 0 atom stereocenters. The molecule has 0 spiro atoms. The molecule has 17 heavy (non-hydrogen) atoms. The molecular weight excluding hydrogens is 216 g/mol. The molecule has 0 radical (unpaired) electrons. The molecule has 0 aliphatic heterocycles. The molecular formula is C12H12N4O. The summed E-state index contributed by atoms with van der Waals surface area (Å²) in [5.41, 5.74) is 2.29. The first kappa shape index (κ1) is 11.0. The van der Waals surface area contributed by atoms with E-state index in [0.717, 1.165) is 17.1 Å². The van der Waals surface area contributed by atoms with Gasteiger partial charge in [-0.1, -0.05) is 0 Å². The Morgan fingerprint density at radius 2 is 2.35 bits per heavy atom. The van der Waals surface area contributed by atoms with Crippen molar-refractivity contribution < 1.29 is 4.74 Å². The zero-order chi connectivity index (χ0) is 12.1. The number of benzene rings is 1. The topological polar surface area (TPSA) is 73.7 Å². The first-order valence-corrected chi connectivity index (χ1v) is 5.13. The van der Waals surface area contributed by atoms with Crippen LogP contribution in [0.5, 0.6) is 5.75 Å². The van der Waals surface area contributed by atoms with Crippen molar-refractivity contribution in [1.82, 2.24) is 10.2 Å². The fraction of sp³-hybridized carbons (Fsp3) is 0.167. The van der Waals surface area contributed by atoms with Crippen LogP contribution < -0.4 is 10.1 Å². The third-order valence-corrected chi connectivity index (χ3v) is 2.37. The Morgan fingerprint density at radius 3 is 3.00 bits per heavy atom. The van der Waals surface area contributed by atoms with Gasteiger partial charge in [0.1, 0.15) is 11.8 Å². The van der Waals surface area contributed by atoms with Crippen LogP contribution in [0.25, 0.3) is 0 Å². The first-order chi connectivity index (χ1) is 8.33. The van der Waals surface area contributed by atoms with Crippen LogP contribution in [-0.4, -0.2) is 17.3 Å². The van der Waals surface area contributed by atoms with Gasteiger partial charge in [-0.3, -0.25) is 5.10 Å². The van der Waals surface area contributed by atoms with Gasteiger partial charge in [-0.2, -0.15) is 10.4 Å². The van der Waals surface area contributed by atoms with E-state index in [-0.39, 0.29) is 0 Å². The first-order valence-electron chi connectivity index (χ1n) is 5.13. The highest BCUT2D eigenvalue weighted by molar-refractivity contribution is 5.60. The minimum Gasteiger partial charge on any atom is -0.497 e. The maximum absolute atomic E-state index is 8.99. The van der Waals surface area contributed by atoms with Gasteiger partial charge in [0.2, 0.25) is 0 Å². The fourth-order valence-electron chi connectivity index (χ4n) is 1.47. The molecule has 2 aromatic rings. The number of methoxy groups -OCH3 is 1. The van der Waals surface area contributed by atoms with Gasteiger partial charge >= 0.3 is 0 Å². The van der Waals surface area contributed by atoms with Gasteiger partial charge in [-0.05, 0) is 18.2 Å². The van der Waals surface area contributed by atoms with Crippen LogP contribution in [0.2, 0.25) is 0 Å². The monoisotopic (exact) mass is 228 g/mol. The van der Waals surface area contributed by atoms with E-state index in [1.54, 1.807) is 31.5 Å². The van der Waals surface area contributed by atoms with Crippen molar-refractivity contribution in [3.8, 4) is 11.8 Å². The number of ether oxygens (including phenoxy) is 1. The van der Waals surface area contributed by atoms with Gasteiger partial charge in [0.15, 0.2) is 0 Å². The summed E-state index contributed by atoms with van der Waals surface area (Å²) in [6, 6.07) is 9.30. The van der Waals surface area contributed by atoms with Gasteiger partial charge in [-0.15, -0.1) is 0 Å². The van der Waals surface area contributed by atoms with E-state index in [4.69, 9.17) is 10.00 Å². The molecule has 86 valence electrons. The van der Waals surface area contributed by atoms with E-state index in [9.17, 15) is 0 Å². The number of aromatic amines is 1. The summed E-state index contributed by atoms with van der Waals surface area (Å²) in [4.78, 5) is 0. The fourth-order valence-corrected chi connectivity index (χ4v) is 1.47. The average Bonchev–Trinajstić information content (AvgIpc) is 2.89. The smallest absolute Gasteiger partial charge is 0.121 e. The molecule has 0 saturated carbocycles. The third-order valence-electron chi connectivity index (χ3n) is 2.37. The lowest BCUT2D eigenvalue weighted by molar-refractivity contribution is 0.415. The minimum atomic E-state index is 0.585. The number of nitriles is 1. The molecule has 2 rings (SSSR count). The van der Waals surface area contributed by atoms with Gasteiger partial charge in [0, 0.05) is 12.3 Å². The highest BCUT2D eigenvalue weighted by atomic mass is 16.5. The summed E-state index contributed by atoms with van der Waals surface area (Å²) in [5.74, 6) is 0.719. The van der Waals surface area contributed by atoms with Crippen molar-refractivity contribution in [3.05, 3.63) is 41.7 Å². The van der Waals surface area contributed by atoms with Crippen molar-refractivity contribution in [2.75, 3.05) is 12.4 Å². The maximum atomic E-state index is 8.99. The van der Waals surface area contributed by atoms with E-state index in [2.05, 4.69) is 21.6 Å². The molecule has 0 fully saturated rings. The lowest BCUT2D eigenvalue weighted by Crippen LogP contribution is -2.02. The highest BCUT2D eigenvalue weighted by Gasteiger charge is 2.04. The zero-order valence-electron chi connectivity index (χ0n) is 9.40. The van der Waals surface area contributed by atoms with Crippen LogP contribution >= 0.6 is 0 Å². The quantitative estimate of drug-likeness (QED) is 0.838. The SMILES string of the molecule is COc1ccc(C#N)c(NCc2ccn[nH]2)c1. The maximum Gasteiger partial charge on any atom is 0.121 e. The van der Waals surface area contributed by atoms with Crippen LogP contribution in [0.15, 0.2) is 30.5 Å². The van der Waals surface area contributed by atoms with Crippen molar-refractivity contribution in [3.63, 3.8) is 0 Å². The summed E-state index contributed by atoms with van der Waals surface area (Å²) in [6.07, 6.45) is 1.69. The van der Waals surface area contributed by atoms with Crippen molar-refractivity contribution >= 4 is 5.69 Å².